The van der Waals surface area contributed by atoms with Crippen LogP contribution >= 0.6 is 27.5 Å². The molecule has 1 aliphatic rings. The average Bonchev–Trinajstić information content (AvgIpc) is 2.88. The van der Waals surface area contributed by atoms with Crippen molar-refractivity contribution in [2.45, 2.75) is 12.3 Å². The lowest BCUT2D eigenvalue weighted by Gasteiger charge is -2.11. The normalized spacial score (nSPS) is 20.3. The number of aryl methyl sites for hydroxylation is 1. The van der Waals surface area contributed by atoms with Crippen LogP contribution in [0.5, 0.6) is 0 Å². The minimum Gasteiger partial charge on any atom is -0.346 e. The van der Waals surface area contributed by atoms with Crippen molar-refractivity contribution in [3.8, 4) is 0 Å². The van der Waals surface area contributed by atoms with E-state index >= 15 is 0 Å². The van der Waals surface area contributed by atoms with E-state index in [0.717, 1.165) is 18.1 Å². The molecule has 3 rings (SSSR count). The number of fused-ring (bicyclic) bond motifs is 1. The summed E-state index contributed by atoms with van der Waals surface area (Å²) in [5.74, 6) is 0.598. The lowest BCUT2D eigenvalue weighted by atomic mass is 10.0. The number of halogens is 2. The van der Waals surface area contributed by atoms with Gasteiger partial charge in [-0.1, -0.05) is 11.6 Å². The van der Waals surface area contributed by atoms with Crippen molar-refractivity contribution in [2.75, 3.05) is 13.1 Å². The molecule has 1 saturated heterocycles. The number of rotatable bonds is 1. The van der Waals surface area contributed by atoms with Gasteiger partial charge in [0.05, 0.1) is 0 Å². The number of hydrogen-bond acceptors (Lipinski definition) is 1. The Kier molecular flexibility index (Phi) is 2.93. The van der Waals surface area contributed by atoms with Gasteiger partial charge in [0.25, 0.3) is 0 Å². The third kappa shape index (κ3) is 1.81. The van der Waals surface area contributed by atoms with Crippen molar-refractivity contribution < 1.29 is 0 Å². The molecule has 0 bridgehead atoms. The van der Waals surface area contributed by atoms with Crippen molar-refractivity contribution in [1.82, 2.24) is 9.88 Å². The van der Waals surface area contributed by atoms with E-state index < -0.39 is 0 Å². The summed E-state index contributed by atoms with van der Waals surface area (Å²) in [4.78, 5) is 0. The van der Waals surface area contributed by atoms with Crippen LogP contribution in [0, 0.1) is 0 Å². The van der Waals surface area contributed by atoms with Crippen LogP contribution in [0.15, 0.2) is 22.7 Å². The van der Waals surface area contributed by atoms with Crippen LogP contribution in [0.25, 0.3) is 10.9 Å². The molecule has 0 amide bonds. The summed E-state index contributed by atoms with van der Waals surface area (Å²) >= 11 is 9.81. The van der Waals surface area contributed by atoms with E-state index in [1.165, 1.54) is 27.5 Å². The van der Waals surface area contributed by atoms with Gasteiger partial charge in [-0.05, 0) is 47.1 Å². The van der Waals surface area contributed by atoms with E-state index in [2.05, 4.69) is 38.9 Å². The topological polar surface area (TPSA) is 17.0 Å². The molecule has 0 saturated carbocycles. The van der Waals surface area contributed by atoms with Crippen molar-refractivity contribution in [1.29, 1.82) is 0 Å². The van der Waals surface area contributed by atoms with Crippen LogP contribution in [0.4, 0.5) is 0 Å². The van der Waals surface area contributed by atoms with Crippen molar-refractivity contribution in [3.05, 3.63) is 33.4 Å². The van der Waals surface area contributed by atoms with Crippen LogP contribution in [-0.2, 0) is 7.05 Å². The summed E-state index contributed by atoms with van der Waals surface area (Å²) in [5, 5.41) is 5.42. The lowest BCUT2D eigenvalue weighted by molar-refractivity contribution is 0.690. The maximum atomic E-state index is 6.07. The first-order valence-corrected chi connectivity index (χ1v) is 6.99. The first-order valence-electron chi connectivity index (χ1n) is 5.82. The Morgan fingerprint density at radius 3 is 3.00 bits per heavy atom. The molecule has 2 aromatic rings. The average molecular weight is 314 g/mol. The number of aromatic nitrogens is 1. The molecular weight excluding hydrogens is 300 g/mol. The zero-order valence-electron chi connectivity index (χ0n) is 9.63. The maximum Gasteiger partial charge on any atom is 0.0492 e. The first kappa shape index (κ1) is 11.6. The summed E-state index contributed by atoms with van der Waals surface area (Å²) in [5.41, 5.74) is 2.62. The molecule has 1 atom stereocenters. The highest BCUT2D eigenvalue weighted by atomic mass is 79.9. The minimum absolute atomic E-state index is 0.598. The molecule has 17 heavy (non-hydrogen) atoms. The molecule has 1 aromatic carbocycles. The smallest absolute Gasteiger partial charge is 0.0492 e. The Morgan fingerprint density at radius 2 is 2.29 bits per heavy atom. The Balaban J connectivity index is 2.24. The SMILES string of the molecule is Cn1c(C2CCNC2)c(Br)c2cc(Cl)ccc21. The molecular formula is C13H14BrClN2. The van der Waals surface area contributed by atoms with Crippen molar-refractivity contribution >= 4 is 38.4 Å². The fourth-order valence-corrected chi connectivity index (χ4v) is 3.81. The molecule has 4 heteroatoms. The number of nitrogens with one attached hydrogen (secondary N) is 1. The highest BCUT2D eigenvalue weighted by molar-refractivity contribution is 9.10. The summed E-state index contributed by atoms with van der Waals surface area (Å²) < 4.78 is 3.49. The minimum atomic E-state index is 0.598. The van der Waals surface area contributed by atoms with Gasteiger partial charge in [0.15, 0.2) is 0 Å². The molecule has 1 aliphatic heterocycles. The predicted octanol–water partition coefficient (Wildman–Crippen LogP) is 3.67. The molecule has 1 aromatic heterocycles. The van der Waals surface area contributed by atoms with Crippen LogP contribution in [0.3, 0.4) is 0 Å². The Morgan fingerprint density at radius 1 is 1.47 bits per heavy atom. The molecule has 1 fully saturated rings. The summed E-state index contributed by atoms with van der Waals surface area (Å²) in [7, 11) is 2.13. The second kappa shape index (κ2) is 4.30. The number of hydrogen-bond donors (Lipinski definition) is 1. The van der Waals surface area contributed by atoms with Gasteiger partial charge in [-0.25, -0.2) is 0 Å². The second-order valence-electron chi connectivity index (χ2n) is 4.61. The largest absolute Gasteiger partial charge is 0.346 e. The van der Waals surface area contributed by atoms with E-state index in [0.29, 0.717) is 5.92 Å². The quantitative estimate of drug-likeness (QED) is 0.850. The fourth-order valence-electron chi connectivity index (χ4n) is 2.73. The van der Waals surface area contributed by atoms with E-state index in [1.807, 2.05) is 12.1 Å². The molecule has 1 N–H and O–H groups in total. The van der Waals surface area contributed by atoms with Crippen LogP contribution in [-0.4, -0.2) is 17.7 Å². The second-order valence-corrected chi connectivity index (χ2v) is 5.84. The lowest BCUT2D eigenvalue weighted by Crippen LogP contribution is -2.10. The Hall–Kier alpha value is -0.510. The highest BCUT2D eigenvalue weighted by Crippen LogP contribution is 2.37. The zero-order chi connectivity index (χ0) is 12.0. The number of benzene rings is 1. The first-order chi connectivity index (χ1) is 8.18. The van der Waals surface area contributed by atoms with E-state index in [4.69, 9.17) is 11.6 Å². The molecule has 0 spiro atoms. The third-order valence-electron chi connectivity index (χ3n) is 3.59. The molecule has 2 nitrogen and oxygen atoms in total. The van der Waals surface area contributed by atoms with Gasteiger partial charge in [0.1, 0.15) is 0 Å². The van der Waals surface area contributed by atoms with Gasteiger partial charge >= 0.3 is 0 Å². The molecule has 2 heterocycles. The Labute approximate surface area is 114 Å². The van der Waals surface area contributed by atoms with E-state index in [9.17, 15) is 0 Å². The molecule has 90 valence electrons. The van der Waals surface area contributed by atoms with Gasteiger partial charge in [0, 0.05) is 45.6 Å². The predicted molar refractivity (Wildman–Crippen MR) is 75.9 cm³/mol. The standard InChI is InChI=1S/C13H14BrClN2/c1-17-11-3-2-9(15)6-10(11)12(14)13(17)8-4-5-16-7-8/h2-3,6,8,16H,4-5,7H2,1H3. The molecule has 1 unspecified atom stereocenters. The van der Waals surface area contributed by atoms with E-state index in [-0.39, 0.29) is 0 Å². The van der Waals surface area contributed by atoms with Gasteiger partial charge in [-0.15, -0.1) is 0 Å². The zero-order valence-corrected chi connectivity index (χ0v) is 12.0. The third-order valence-corrected chi connectivity index (χ3v) is 4.66. The number of nitrogens with zero attached hydrogens (tertiary/aromatic N) is 1. The van der Waals surface area contributed by atoms with E-state index in [1.54, 1.807) is 0 Å². The summed E-state index contributed by atoms with van der Waals surface area (Å²) in [6.07, 6.45) is 1.20. The van der Waals surface area contributed by atoms with Gasteiger partial charge in [-0.3, -0.25) is 0 Å². The summed E-state index contributed by atoms with van der Waals surface area (Å²) in [6.45, 7) is 2.18. The molecule has 0 aliphatic carbocycles. The van der Waals surface area contributed by atoms with Crippen molar-refractivity contribution in [3.63, 3.8) is 0 Å². The fraction of sp³-hybridized carbons (Fsp3) is 0.385. The highest BCUT2D eigenvalue weighted by Gasteiger charge is 2.24. The Bertz CT molecular complexity index is 570. The van der Waals surface area contributed by atoms with Gasteiger partial charge in [0.2, 0.25) is 0 Å². The monoisotopic (exact) mass is 312 g/mol. The molecule has 0 radical (unpaired) electrons. The van der Waals surface area contributed by atoms with Crippen LogP contribution in [0.1, 0.15) is 18.0 Å². The van der Waals surface area contributed by atoms with Gasteiger partial charge < -0.3 is 9.88 Å². The van der Waals surface area contributed by atoms with Crippen LogP contribution in [0.2, 0.25) is 5.02 Å². The maximum absolute atomic E-state index is 6.07. The van der Waals surface area contributed by atoms with Crippen molar-refractivity contribution in [2.24, 2.45) is 7.05 Å². The van der Waals surface area contributed by atoms with Gasteiger partial charge in [-0.2, -0.15) is 0 Å². The van der Waals surface area contributed by atoms with Crippen LogP contribution < -0.4 is 5.32 Å². The summed E-state index contributed by atoms with van der Waals surface area (Å²) in [6, 6.07) is 6.08.